The quantitative estimate of drug-likeness (QED) is 0.418. The van der Waals surface area contributed by atoms with Gasteiger partial charge in [-0.3, -0.25) is 4.79 Å². The predicted molar refractivity (Wildman–Crippen MR) is 116 cm³/mol. The Labute approximate surface area is 173 Å². The van der Waals surface area contributed by atoms with Crippen LogP contribution in [0.2, 0.25) is 5.02 Å². The van der Waals surface area contributed by atoms with Gasteiger partial charge in [0.05, 0.1) is 5.75 Å². The number of para-hydroxylation sites is 1. The minimum Gasteiger partial charge on any atom is -0.366 e. The van der Waals surface area contributed by atoms with E-state index in [0.29, 0.717) is 17.4 Å². The number of carbonyl (C=O) groups excluding carboxylic acids is 1. The molecule has 3 rings (SSSR count). The molecule has 1 amide bonds. The van der Waals surface area contributed by atoms with Crippen molar-refractivity contribution >= 4 is 40.8 Å². The summed E-state index contributed by atoms with van der Waals surface area (Å²) >= 11 is 7.54. The van der Waals surface area contributed by atoms with Gasteiger partial charge in [0.2, 0.25) is 5.91 Å². The molecule has 0 spiro atoms. The topological polar surface area (TPSA) is 66.9 Å². The molecule has 2 N–H and O–H groups in total. The van der Waals surface area contributed by atoms with Crippen molar-refractivity contribution in [3.05, 3.63) is 76.6 Å². The number of carbonyl (C=O) groups is 1. The first-order valence-electron chi connectivity index (χ1n) is 8.81. The number of nitrogens with one attached hydrogen (secondary N) is 2. The van der Waals surface area contributed by atoms with E-state index in [4.69, 9.17) is 11.6 Å². The van der Waals surface area contributed by atoms with Crippen LogP contribution in [0, 0.1) is 13.8 Å². The molecule has 144 valence electrons. The third-order valence-electron chi connectivity index (χ3n) is 4.16. The third kappa shape index (κ3) is 5.47. The van der Waals surface area contributed by atoms with E-state index in [1.165, 1.54) is 18.1 Å². The van der Waals surface area contributed by atoms with Crippen LogP contribution in [0.4, 0.5) is 11.5 Å². The summed E-state index contributed by atoms with van der Waals surface area (Å²) in [5.41, 5.74) is 3.96. The normalized spacial score (nSPS) is 10.5. The molecule has 1 aromatic heterocycles. The van der Waals surface area contributed by atoms with E-state index >= 15 is 0 Å². The Bertz CT molecular complexity index is 960. The fourth-order valence-electron chi connectivity index (χ4n) is 2.67. The van der Waals surface area contributed by atoms with E-state index < -0.39 is 0 Å². The molecule has 7 heteroatoms. The van der Waals surface area contributed by atoms with Crippen molar-refractivity contribution in [2.75, 3.05) is 16.4 Å². The molecule has 1 heterocycles. The van der Waals surface area contributed by atoms with Gasteiger partial charge in [-0.1, -0.05) is 59.8 Å². The summed E-state index contributed by atoms with van der Waals surface area (Å²) in [5, 5.41) is 7.66. The molecule has 0 saturated heterocycles. The Morgan fingerprint density at radius 2 is 1.82 bits per heavy atom. The van der Waals surface area contributed by atoms with Crippen molar-refractivity contribution < 1.29 is 4.79 Å². The van der Waals surface area contributed by atoms with Crippen molar-refractivity contribution in [1.29, 1.82) is 0 Å². The lowest BCUT2D eigenvalue weighted by Crippen LogP contribution is -2.15. The van der Waals surface area contributed by atoms with Gasteiger partial charge in [0.25, 0.3) is 0 Å². The molecule has 0 aliphatic rings. The van der Waals surface area contributed by atoms with Gasteiger partial charge < -0.3 is 10.6 Å². The minimum absolute atomic E-state index is 0.0633. The van der Waals surface area contributed by atoms with Gasteiger partial charge in [-0.25, -0.2) is 9.97 Å². The Hall–Kier alpha value is -2.57. The molecule has 5 nitrogen and oxygen atoms in total. The number of aromatic nitrogens is 2. The number of thioether (sulfide) groups is 1. The number of hydrogen-bond acceptors (Lipinski definition) is 5. The van der Waals surface area contributed by atoms with Crippen LogP contribution < -0.4 is 10.6 Å². The van der Waals surface area contributed by atoms with Gasteiger partial charge in [-0.05, 0) is 36.6 Å². The Balaban J connectivity index is 1.56. The number of aryl methyl sites for hydroxylation is 2. The maximum absolute atomic E-state index is 12.3. The number of hydrogen-bond donors (Lipinski definition) is 2. The lowest BCUT2D eigenvalue weighted by molar-refractivity contribution is -0.113. The zero-order valence-electron chi connectivity index (χ0n) is 15.7. The number of anilines is 2. The van der Waals surface area contributed by atoms with Crippen molar-refractivity contribution in [3.63, 3.8) is 0 Å². The second-order valence-electron chi connectivity index (χ2n) is 6.29. The molecule has 0 atom stereocenters. The summed E-state index contributed by atoms with van der Waals surface area (Å²) in [7, 11) is 0. The number of amides is 1. The van der Waals surface area contributed by atoms with Crippen LogP contribution in [0.5, 0.6) is 0 Å². The first-order valence-corrected chi connectivity index (χ1v) is 10.2. The van der Waals surface area contributed by atoms with Crippen LogP contribution in [-0.2, 0) is 11.3 Å². The maximum atomic E-state index is 12.3. The summed E-state index contributed by atoms with van der Waals surface area (Å²) in [6.07, 6.45) is 1.49. The summed E-state index contributed by atoms with van der Waals surface area (Å²) in [6, 6.07) is 15.4. The third-order valence-corrected chi connectivity index (χ3v) is 5.45. The van der Waals surface area contributed by atoms with Crippen LogP contribution in [0.25, 0.3) is 0 Å². The van der Waals surface area contributed by atoms with Gasteiger partial charge in [-0.15, -0.1) is 0 Å². The van der Waals surface area contributed by atoms with E-state index in [9.17, 15) is 4.79 Å². The van der Waals surface area contributed by atoms with Gasteiger partial charge in [0, 0.05) is 23.3 Å². The van der Waals surface area contributed by atoms with E-state index in [1.807, 2.05) is 62.4 Å². The fraction of sp³-hybridized carbons (Fsp3) is 0.190. The SMILES string of the molecule is Cc1cccc(C)c1NC(=O)CSc1cc(NCc2ccccc2Cl)ncn1. The molecular weight excluding hydrogens is 392 g/mol. The highest BCUT2D eigenvalue weighted by Gasteiger charge is 2.09. The first-order chi connectivity index (χ1) is 13.5. The van der Waals surface area contributed by atoms with Gasteiger partial charge in [0.15, 0.2) is 0 Å². The minimum atomic E-state index is -0.0633. The molecule has 3 aromatic rings. The molecule has 0 fully saturated rings. The van der Waals surface area contributed by atoms with Crippen LogP contribution >= 0.6 is 23.4 Å². The Morgan fingerprint density at radius 3 is 2.57 bits per heavy atom. The molecule has 0 aliphatic carbocycles. The number of halogens is 1. The lowest BCUT2D eigenvalue weighted by atomic mass is 10.1. The fourth-order valence-corrected chi connectivity index (χ4v) is 3.54. The van der Waals surface area contributed by atoms with E-state index in [0.717, 1.165) is 27.4 Å². The molecule has 0 bridgehead atoms. The highest BCUT2D eigenvalue weighted by Crippen LogP contribution is 2.22. The van der Waals surface area contributed by atoms with Crippen molar-refractivity contribution in [3.8, 4) is 0 Å². The monoisotopic (exact) mass is 412 g/mol. The number of benzene rings is 2. The molecule has 0 aliphatic heterocycles. The Morgan fingerprint density at radius 1 is 1.07 bits per heavy atom. The van der Waals surface area contributed by atoms with Crippen LogP contribution in [-0.4, -0.2) is 21.6 Å². The number of rotatable bonds is 7. The summed E-state index contributed by atoms with van der Waals surface area (Å²) < 4.78 is 0. The largest absolute Gasteiger partial charge is 0.366 e. The van der Waals surface area contributed by atoms with E-state index in [-0.39, 0.29) is 11.7 Å². The number of nitrogens with zero attached hydrogens (tertiary/aromatic N) is 2. The predicted octanol–water partition coefficient (Wildman–Crippen LogP) is 5.09. The van der Waals surface area contributed by atoms with Crippen molar-refractivity contribution in [1.82, 2.24) is 9.97 Å². The van der Waals surface area contributed by atoms with E-state index in [1.54, 1.807) is 0 Å². The van der Waals surface area contributed by atoms with Crippen molar-refractivity contribution in [2.45, 2.75) is 25.4 Å². The second-order valence-corrected chi connectivity index (χ2v) is 7.69. The summed E-state index contributed by atoms with van der Waals surface area (Å²) in [5.74, 6) is 0.897. The van der Waals surface area contributed by atoms with E-state index in [2.05, 4.69) is 20.6 Å². The summed E-state index contributed by atoms with van der Waals surface area (Å²) in [6.45, 7) is 4.53. The first kappa shape index (κ1) is 20.2. The molecule has 0 saturated carbocycles. The zero-order chi connectivity index (χ0) is 19.9. The van der Waals surface area contributed by atoms with Crippen LogP contribution in [0.15, 0.2) is 59.9 Å². The van der Waals surface area contributed by atoms with Crippen LogP contribution in [0.3, 0.4) is 0 Å². The van der Waals surface area contributed by atoms with Crippen molar-refractivity contribution in [2.24, 2.45) is 0 Å². The second kappa shape index (κ2) is 9.57. The van der Waals surface area contributed by atoms with Gasteiger partial charge in [0.1, 0.15) is 17.2 Å². The van der Waals surface area contributed by atoms with Gasteiger partial charge in [-0.2, -0.15) is 0 Å². The zero-order valence-corrected chi connectivity index (χ0v) is 17.3. The maximum Gasteiger partial charge on any atom is 0.234 e. The van der Waals surface area contributed by atoms with Crippen LogP contribution in [0.1, 0.15) is 16.7 Å². The molecule has 0 unspecified atom stereocenters. The highest BCUT2D eigenvalue weighted by atomic mass is 35.5. The molecular formula is C21H21ClN4OS. The highest BCUT2D eigenvalue weighted by molar-refractivity contribution is 7.99. The standard InChI is InChI=1S/C21H21ClN4OS/c1-14-6-5-7-15(2)21(14)26-19(27)12-28-20-10-18(24-13-25-20)23-11-16-8-3-4-9-17(16)22/h3-10,13H,11-12H2,1-2H3,(H,26,27)(H,23,24,25). The smallest absolute Gasteiger partial charge is 0.234 e. The lowest BCUT2D eigenvalue weighted by Gasteiger charge is -2.11. The molecule has 2 aromatic carbocycles. The molecule has 28 heavy (non-hydrogen) atoms. The average Bonchev–Trinajstić information content (AvgIpc) is 2.69. The van der Waals surface area contributed by atoms with Gasteiger partial charge >= 0.3 is 0 Å². The Kier molecular flexibility index (Phi) is 6.90. The summed E-state index contributed by atoms with van der Waals surface area (Å²) in [4.78, 5) is 20.8. The average molecular weight is 413 g/mol. The molecule has 0 radical (unpaired) electrons.